The van der Waals surface area contributed by atoms with E-state index in [0.29, 0.717) is 18.2 Å². The van der Waals surface area contributed by atoms with E-state index in [1.54, 1.807) is 6.20 Å². The quantitative estimate of drug-likeness (QED) is 0.747. The molecule has 0 spiro atoms. The SMILES string of the molecule is c1cc(CNC2CC3CCC2O3)[nH]n1. The Morgan fingerprint density at radius 3 is 3.21 bits per heavy atom. The second-order valence-electron chi connectivity index (χ2n) is 4.18. The van der Waals surface area contributed by atoms with E-state index in [0.717, 1.165) is 12.2 Å². The molecule has 0 amide bonds. The fourth-order valence-electron chi connectivity index (χ4n) is 2.48. The van der Waals surface area contributed by atoms with Gasteiger partial charge in [0.1, 0.15) is 0 Å². The predicted molar refractivity (Wildman–Crippen MR) is 51.7 cm³/mol. The Balaban J connectivity index is 1.54. The van der Waals surface area contributed by atoms with Crippen molar-refractivity contribution in [3.8, 4) is 0 Å². The number of aromatic nitrogens is 2. The summed E-state index contributed by atoms with van der Waals surface area (Å²) in [6, 6.07) is 2.55. The maximum absolute atomic E-state index is 5.77. The molecule has 0 saturated carbocycles. The van der Waals surface area contributed by atoms with Crippen molar-refractivity contribution in [2.75, 3.05) is 0 Å². The van der Waals surface area contributed by atoms with E-state index in [1.807, 2.05) is 6.07 Å². The molecule has 1 aromatic rings. The summed E-state index contributed by atoms with van der Waals surface area (Å²) < 4.78 is 5.77. The molecular formula is C10H15N3O. The van der Waals surface area contributed by atoms with Crippen molar-refractivity contribution in [2.45, 2.75) is 44.1 Å². The van der Waals surface area contributed by atoms with Gasteiger partial charge in [0, 0.05) is 24.5 Å². The lowest BCUT2D eigenvalue weighted by molar-refractivity contribution is 0.0972. The van der Waals surface area contributed by atoms with Crippen LogP contribution in [0.1, 0.15) is 25.0 Å². The van der Waals surface area contributed by atoms with Gasteiger partial charge in [0.25, 0.3) is 0 Å². The van der Waals surface area contributed by atoms with Crippen molar-refractivity contribution >= 4 is 0 Å². The highest BCUT2D eigenvalue weighted by atomic mass is 16.5. The van der Waals surface area contributed by atoms with E-state index in [-0.39, 0.29) is 0 Å². The van der Waals surface area contributed by atoms with Crippen molar-refractivity contribution in [3.63, 3.8) is 0 Å². The van der Waals surface area contributed by atoms with E-state index in [1.165, 1.54) is 19.3 Å². The molecule has 3 unspecified atom stereocenters. The van der Waals surface area contributed by atoms with Crippen LogP contribution in [0.2, 0.25) is 0 Å². The summed E-state index contributed by atoms with van der Waals surface area (Å²) in [7, 11) is 0. The molecule has 3 heterocycles. The minimum absolute atomic E-state index is 0.461. The molecule has 2 N–H and O–H groups in total. The fourth-order valence-corrected chi connectivity index (χ4v) is 2.48. The van der Waals surface area contributed by atoms with Crippen LogP contribution >= 0.6 is 0 Å². The van der Waals surface area contributed by atoms with Crippen LogP contribution in [0.4, 0.5) is 0 Å². The topological polar surface area (TPSA) is 49.9 Å². The van der Waals surface area contributed by atoms with E-state index in [2.05, 4.69) is 15.5 Å². The van der Waals surface area contributed by atoms with Crippen LogP contribution < -0.4 is 5.32 Å². The number of aromatic amines is 1. The van der Waals surface area contributed by atoms with Crippen LogP contribution in [-0.2, 0) is 11.3 Å². The van der Waals surface area contributed by atoms with Gasteiger partial charge in [-0.3, -0.25) is 5.10 Å². The number of ether oxygens (including phenoxy) is 1. The molecule has 2 fully saturated rings. The Kier molecular flexibility index (Phi) is 2.03. The van der Waals surface area contributed by atoms with Crippen LogP contribution in [0.15, 0.2) is 12.3 Å². The van der Waals surface area contributed by atoms with Crippen molar-refractivity contribution in [2.24, 2.45) is 0 Å². The molecule has 14 heavy (non-hydrogen) atoms. The molecule has 0 aliphatic carbocycles. The number of fused-ring (bicyclic) bond motifs is 2. The van der Waals surface area contributed by atoms with Gasteiger partial charge in [-0.15, -0.1) is 0 Å². The molecule has 2 saturated heterocycles. The van der Waals surface area contributed by atoms with Gasteiger partial charge in [-0.05, 0) is 25.3 Å². The third-order valence-corrected chi connectivity index (χ3v) is 3.22. The first-order valence-electron chi connectivity index (χ1n) is 5.29. The lowest BCUT2D eigenvalue weighted by Crippen LogP contribution is -2.37. The number of nitrogens with one attached hydrogen (secondary N) is 2. The summed E-state index contributed by atoms with van der Waals surface area (Å²) in [4.78, 5) is 0. The van der Waals surface area contributed by atoms with Crippen LogP contribution in [-0.4, -0.2) is 28.4 Å². The molecule has 3 rings (SSSR count). The zero-order valence-corrected chi connectivity index (χ0v) is 8.07. The summed E-state index contributed by atoms with van der Waals surface area (Å²) in [5.74, 6) is 0. The van der Waals surface area contributed by atoms with E-state index in [4.69, 9.17) is 4.74 Å². The highest BCUT2D eigenvalue weighted by Gasteiger charge is 2.40. The number of hydrogen-bond donors (Lipinski definition) is 2. The van der Waals surface area contributed by atoms with Crippen LogP contribution in [0.25, 0.3) is 0 Å². The Morgan fingerprint density at radius 2 is 2.57 bits per heavy atom. The molecule has 4 heteroatoms. The van der Waals surface area contributed by atoms with Gasteiger partial charge in [-0.1, -0.05) is 0 Å². The minimum Gasteiger partial charge on any atom is -0.373 e. The summed E-state index contributed by atoms with van der Waals surface area (Å²) in [5, 5.41) is 10.4. The molecule has 76 valence electrons. The fraction of sp³-hybridized carbons (Fsp3) is 0.700. The largest absolute Gasteiger partial charge is 0.373 e. The number of rotatable bonds is 3. The second-order valence-corrected chi connectivity index (χ2v) is 4.18. The standard InChI is InChI=1S/C10H15N3O/c1-2-10-9(5-8(1)14-10)11-6-7-3-4-12-13-7/h3-4,8-11H,1-2,5-6H2,(H,12,13). The maximum atomic E-state index is 5.77. The lowest BCUT2D eigenvalue weighted by Gasteiger charge is -2.19. The predicted octanol–water partition coefficient (Wildman–Crippen LogP) is 0.819. The average molecular weight is 193 g/mol. The van der Waals surface area contributed by atoms with Gasteiger partial charge in [0.05, 0.1) is 12.2 Å². The van der Waals surface area contributed by atoms with Crippen molar-refractivity contribution in [1.29, 1.82) is 0 Å². The van der Waals surface area contributed by atoms with Gasteiger partial charge in [-0.25, -0.2) is 0 Å². The van der Waals surface area contributed by atoms with Crippen LogP contribution in [0, 0.1) is 0 Å². The molecule has 0 aromatic carbocycles. The first-order valence-corrected chi connectivity index (χ1v) is 5.29. The number of hydrogen-bond acceptors (Lipinski definition) is 3. The van der Waals surface area contributed by atoms with Gasteiger partial charge >= 0.3 is 0 Å². The van der Waals surface area contributed by atoms with Gasteiger partial charge < -0.3 is 10.1 Å². The van der Waals surface area contributed by atoms with Crippen LogP contribution in [0.3, 0.4) is 0 Å². The van der Waals surface area contributed by atoms with Crippen molar-refractivity contribution in [3.05, 3.63) is 18.0 Å². The lowest BCUT2D eigenvalue weighted by atomic mass is 9.95. The smallest absolute Gasteiger partial charge is 0.0733 e. The van der Waals surface area contributed by atoms with Crippen molar-refractivity contribution < 1.29 is 4.74 Å². The molecule has 1 aromatic heterocycles. The Hall–Kier alpha value is -0.870. The third kappa shape index (κ3) is 1.44. The monoisotopic (exact) mass is 193 g/mol. The highest BCUT2D eigenvalue weighted by molar-refractivity contribution is 4.99. The molecule has 4 nitrogen and oxygen atoms in total. The molecule has 2 aliphatic rings. The van der Waals surface area contributed by atoms with Gasteiger partial charge in [0.15, 0.2) is 0 Å². The van der Waals surface area contributed by atoms with Crippen molar-refractivity contribution in [1.82, 2.24) is 15.5 Å². The van der Waals surface area contributed by atoms with E-state index >= 15 is 0 Å². The van der Waals surface area contributed by atoms with E-state index in [9.17, 15) is 0 Å². The summed E-state index contributed by atoms with van der Waals surface area (Å²) >= 11 is 0. The second kappa shape index (κ2) is 3.37. The van der Waals surface area contributed by atoms with E-state index < -0.39 is 0 Å². The first kappa shape index (κ1) is 8.44. The Bertz CT molecular complexity index is 298. The molecule has 0 radical (unpaired) electrons. The highest BCUT2D eigenvalue weighted by Crippen LogP contribution is 2.34. The van der Waals surface area contributed by atoms with Gasteiger partial charge in [0.2, 0.25) is 0 Å². The summed E-state index contributed by atoms with van der Waals surface area (Å²) in [6.07, 6.45) is 6.44. The first-order chi connectivity index (χ1) is 6.92. The third-order valence-electron chi connectivity index (χ3n) is 3.22. The molecule has 2 aliphatic heterocycles. The molecule has 3 atom stereocenters. The van der Waals surface area contributed by atoms with Crippen LogP contribution in [0.5, 0.6) is 0 Å². The Labute approximate surface area is 83.0 Å². The zero-order valence-electron chi connectivity index (χ0n) is 8.07. The maximum Gasteiger partial charge on any atom is 0.0733 e. The Morgan fingerprint density at radius 1 is 1.57 bits per heavy atom. The summed E-state index contributed by atoms with van der Waals surface area (Å²) in [6.45, 7) is 0.872. The molecular weight excluding hydrogens is 178 g/mol. The van der Waals surface area contributed by atoms with Gasteiger partial charge in [-0.2, -0.15) is 5.10 Å². The molecule has 2 bridgehead atoms. The summed E-state index contributed by atoms with van der Waals surface area (Å²) in [5.41, 5.74) is 1.15. The number of nitrogens with zero attached hydrogens (tertiary/aromatic N) is 1. The normalized spacial score (nSPS) is 35.3. The number of H-pyrrole nitrogens is 1. The minimum atomic E-state index is 0.461. The zero-order chi connectivity index (χ0) is 9.38. The average Bonchev–Trinajstić information content (AvgIpc) is 2.91.